The lowest BCUT2D eigenvalue weighted by molar-refractivity contribution is -0.142. The van der Waals surface area contributed by atoms with Crippen molar-refractivity contribution in [3.63, 3.8) is 0 Å². The van der Waals surface area contributed by atoms with Gasteiger partial charge in [-0.15, -0.1) is 0 Å². The molecule has 0 saturated carbocycles. The van der Waals surface area contributed by atoms with Crippen LogP contribution in [-0.2, 0) is 36.8 Å². The molecule has 0 aromatic heterocycles. The Kier molecular flexibility index (Phi) is 12.8. The van der Waals surface area contributed by atoms with Crippen molar-refractivity contribution in [2.45, 2.75) is 70.1 Å². The fourth-order valence-corrected chi connectivity index (χ4v) is 4.07. The molecule has 4 atom stereocenters. The van der Waals surface area contributed by atoms with Crippen molar-refractivity contribution >= 4 is 29.7 Å². The smallest absolute Gasteiger partial charge is 0.326 e. The number of amides is 3. The third kappa shape index (κ3) is 11.2. The number of rotatable bonds is 16. The van der Waals surface area contributed by atoms with Crippen molar-refractivity contribution < 1.29 is 34.2 Å². The Morgan fingerprint density at radius 2 is 1.18 bits per heavy atom. The molecule has 11 heteroatoms. The Balaban J connectivity index is 2.14. The molecule has 2 aromatic rings. The number of aliphatic carboxylic acids is 2. The van der Waals surface area contributed by atoms with Gasteiger partial charge in [-0.1, -0.05) is 74.5 Å². The fourth-order valence-electron chi connectivity index (χ4n) is 4.07. The van der Waals surface area contributed by atoms with Crippen LogP contribution in [0.4, 0.5) is 0 Å². The van der Waals surface area contributed by atoms with Crippen LogP contribution in [0.3, 0.4) is 0 Å². The quantitative estimate of drug-likeness (QED) is 0.179. The van der Waals surface area contributed by atoms with Gasteiger partial charge < -0.3 is 31.9 Å². The highest BCUT2D eigenvalue weighted by atomic mass is 16.4. The van der Waals surface area contributed by atoms with Gasteiger partial charge >= 0.3 is 11.9 Å². The maximum Gasteiger partial charge on any atom is 0.326 e. The Hall–Kier alpha value is -4.25. The van der Waals surface area contributed by atoms with Crippen LogP contribution in [0.5, 0.6) is 0 Å². The van der Waals surface area contributed by atoms with Crippen molar-refractivity contribution in [2.75, 3.05) is 0 Å². The Morgan fingerprint density at radius 1 is 0.700 bits per heavy atom. The van der Waals surface area contributed by atoms with Gasteiger partial charge in [0.25, 0.3) is 0 Å². The second-order valence-corrected chi connectivity index (χ2v) is 10.1. The zero-order valence-corrected chi connectivity index (χ0v) is 22.7. The summed E-state index contributed by atoms with van der Waals surface area (Å²) >= 11 is 0. The minimum absolute atomic E-state index is 0.0425. The molecule has 2 rings (SSSR count). The molecule has 0 aliphatic carbocycles. The summed E-state index contributed by atoms with van der Waals surface area (Å²) < 4.78 is 0. The zero-order chi connectivity index (χ0) is 29.7. The van der Waals surface area contributed by atoms with Crippen molar-refractivity contribution in [1.29, 1.82) is 0 Å². The van der Waals surface area contributed by atoms with E-state index in [1.807, 2.05) is 19.9 Å². The predicted octanol–water partition coefficient (Wildman–Crippen LogP) is 1.25. The highest BCUT2D eigenvalue weighted by Crippen LogP contribution is 2.10. The van der Waals surface area contributed by atoms with Crippen LogP contribution in [0.25, 0.3) is 0 Å². The van der Waals surface area contributed by atoms with E-state index >= 15 is 0 Å². The molecule has 2 aromatic carbocycles. The maximum absolute atomic E-state index is 13.2. The van der Waals surface area contributed by atoms with Gasteiger partial charge in [-0.3, -0.25) is 19.2 Å². The topological polar surface area (TPSA) is 188 Å². The molecule has 0 aliphatic rings. The molecular weight excluding hydrogens is 516 g/mol. The first-order valence-corrected chi connectivity index (χ1v) is 13.1. The monoisotopic (exact) mass is 554 g/mol. The van der Waals surface area contributed by atoms with E-state index in [2.05, 4.69) is 16.0 Å². The highest BCUT2D eigenvalue weighted by molar-refractivity contribution is 5.94. The fraction of sp³-hybridized carbons (Fsp3) is 0.414. The van der Waals surface area contributed by atoms with Crippen LogP contribution < -0.4 is 21.7 Å². The van der Waals surface area contributed by atoms with E-state index in [4.69, 9.17) is 10.8 Å². The van der Waals surface area contributed by atoms with Crippen molar-refractivity contribution in [2.24, 2.45) is 11.7 Å². The van der Waals surface area contributed by atoms with E-state index in [-0.39, 0.29) is 31.6 Å². The van der Waals surface area contributed by atoms with Gasteiger partial charge in [-0.25, -0.2) is 4.79 Å². The number of hydrogen-bond donors (Lipinski definition) is 6. The summed E-state index contributed by atoms with van der Waals surface area (Å²) in [5.41, 5.74) is 7.56. The molecule has 0 fully saturated rings. The second-order valence-electron chi connectivity index (χ2n) is 10.1. The standard InChI is InChI=1S/C29H38N4O7/c1-18(2)15-23(28(38)33-24(29(39)40)17-20-11-7-4-8-12-20)32-27(37)22(13-14-25(34)35)31-26(36)21(30)16-19-9-5-3-6-10-19/h3-12,18,21-24H,13-17,30H2,1-2H3,(H,31,36)(H,32,37)(H,33,38)(H,34,35)(H,39,40). The second kappa shape index (κ2) is 16.0. The molecule has 216 valence electrons. The Labute approximate surface area is 233 Å². The highest BCUT2D eigenvalue weighted by Gasteiger charge is 2.31. The average Bonchev–Trinajstić information content (AvgIpc) is 2.90. The summed E-state index contributed by atoms with van der Waals surface area (Å²) in [5.74, 6) is -4.56. The molecule has 0 spiro atoms. The summed E-state index contributed by atoms with van der Waals surface area (Å²) in [6.07, 6.45) is -0.211. The first-order chi connectivity index (χ1) is 19.0. The van der Waals surface area contributed by atoms with Gasteiger partial charge in [0.2, 0.25) is 17.7 Å². The molecule has 0 saturated heterocycles. The number of nitrogens with one attached hydrogen (secondary N) is 3. The lowest BCUT2D eigenvalue weighted by atomic mass is 10.0. The van der Waals surface area contributed by atoms with E-state index < -0.39 is 60.2 Å². The summed E-state index contributed by atoms with van der Waals surface area (Å²) in [5, 5.41) is 26.4. The molecular formula is C29H38N4O7. The Bertz CT molecular complexity index is 1140. The molecule has 11 nitrogen and oxygen atoms in total. The van der Waals surface area contributed by atoms with Gasteiger partial charge in [-0.2, -0.15) is 0 Å². The summed E-state index contributed by atoms with van der Waals surface area (Å²) in [6, 6.07) is 13.2. The minimum Gasteiger partial charge on any atom is -0.481 e. The lowest BCUT2D eigenvalue weighted by Crippen LogP contribution is -2.57. The largest absolute Gasteiger partial charge is 0.481 e. The predicted molar refractivity (Wildman–Crippen MR) is 148 cm³/mol. The van der Waals surface area contributed by atoms with Gasteiger partial charge in [0.15, 0.2) is 0 Å². The van der Waals surface area contributed by atoms with Crippen LogP contribution >= 0.6 is 0 Å². The molecule has 4 unspecified atom stereocenters. The van der Waals surface area contributed by atoms with E-state index in [0.717, 1.165) is 5.56 Å². The number of carbonyl (C=O) groups is 5. The molecule has 3 amide bonds. The van der Waals surface area contributed by atoms with Gasteiger partial charge in [0, 0.05) is 12.8 Å². The molecule has 40 heavy (non-hydrogen) atoms. The van der Waals surface area contributed by atoms with Crippen LogP contribution in [0.2, 0.25) is 0 Å². The van der Waals surface area contributed by atoms with E-state index in [0.29, 0.717) is 5.56 Å². The van der Waals surface area contributed by atoms with Crippen LogP contribution in [0.15, 0.2) is 60.7 Å². The molecule has 0 heterocycles. The Morgan fingerprint density at radius 3 is 1.68 bits per heavy atom. The number of hydrogen-bond acceptors (Lipinski definition) is 6. The minimum atomic E-state index is -1.27. The maximum atomic E-state index is 13.2. The van der Waals surface area contributed by atoms with E-state index in [1.165, 1.54) is 0 Å². The summed E-state index contributed by atoms with van der Waals surface area (Å²) in [6.45, 7) is 3.66. The molecule has 7 N–H and O–H groups in total. The van der Waals surface area contributed by atoms with E-state index in [9.17, 15) is 29.1 Å². The van der Waals surface area contributed by atoms with Crippen LogP contribution in [0.1, 0.15) is 44.2 Å². The van der Waals surface area contributed by atoms with Gasteiger partial charge in [0.05, 0.1) is 6.04 Å². The van der Waals surface area contributed by atoms with Gasteiger partial charge in [-0.05, 0) is 36.3 Å². The first-order valence-electron chi connectivity index (χ1n) is 13.1. The summed E-state index contributed by atoms with van der Waals surface area (Å²) in [4.78, 5) is 62.2. The first kappa shape index (κ1) is 32.0. The number of carboxylic acids is 2. The normalized spacial score (nSPS) is 13.9. The molecule has 0 aliphatic heterocycles. The lowest BCUT2D eigenvalue weighted by Gasteiger charge is -2.26. The van der Waals surface area contributed by atoms with Crippen molar-refractivity contribution in [3.8, 4) is 0 Å². The van der Waals surface area contributed by atoms with Crippen LogP contribution in [0, 0.1) is 5.92 Å². The third-order valence-corrected chi connectivity index (χ3v) is 6.15. The van der Waals surface area contributed by atoms with Crippen molar-refractivity contribution in [1.82, 2.24) is 16.0 Å². The summed E-state index contributed by atoms with van der Waals surface area (Å²) in [7, 11) is 0. The number of carbonyl (C=O) groups excluding carboxylic acids is 3. The molecule has 0 bridgehead atoms. The third-order valence-electron chi connectivity index (χ3n) is 6.15. The number of nitrogens with two attached hydrogens (primary N) is 1. The molecule has 0 radical (unpaired) electrons. The number of carboxylic acid groups (broad SMARTS) is 2. The van der Waals surface area contributed by atoms with Crippen molar-refractivity contribution in [3.05, 3.63) is 71.8 Å². The zero-order valence-electron chi connectivity index (χ0n) is 22.7. The van der Waals surface area contributed by atoms with Crippen LogP contribution in [-0.4, -0.2) is 64.0 Å². The average molecular weight is 555 g/mol. The SMILES string of the molecule is CC(C)CC(NC(=O)C(CCC(=O)O)NC(=O)C(N)Cc1ccccc1)C(=O)NC(Cc1ccccc1)C(=O)O. The number of benzene rings is 2. The van der Waals surface area contributed by atoms with E-state index in [1.54, 1.807) is 54.6 Å². The van der Waals surface area contributed by atoms with Gasteiger partial charge in [0.1, 0.15) is 18.1 Å².